The summed E-state index contributed by atoms with van der Waals surface area (Å²) in [7, 11) is 0. The van der Waals surface area contributed by atoms with Crippen molar-refractivity contribution in [3.05, 3.63) is 0 Å². The number of unbranched alkanes of at least 4 members (excludes halogenated alkanes) is 31. The molecular formula is C55H106O6. The molecule has 0 N–H and O–H groups in total. The molecule has 61 heavy (non-hydrogen) atoms. The van der Waals surface area contributed by atoms with E-state index in [9.17, 15) is 14.4 Å². The largest absolute Gasteiger partial charge is 0.462 e. The summed E-state index contributed by atoms with van der Waals surface area (Å²) in [5.74, 6) is 1.61. The fourth-order valence-electron chi connectivity index (χ4n) is 8.29. The smallest absolute Gasteiger partial charge is 0.306 e. The van der Waals surface area contributed by atoms with Crippen LogP contribution in [-0.2, 0) is 28.6 Å². The molecule has 362 valence electrons. The van der Waals surface area contributed by atoms with Crippen molar-refractivity contribution in [2.75, 3.05) is 13.2 Å². The van der Waals surface area contributed by atoms with Crippen LogP contribution in [0.5, 0.6) is 0 Å². The lowest BCUT2D eigenvalue weighted by Crippen LogP contribution is -2.30. The van der Waals surface area contributed by atoms with Gasteiger partial charge in [-0.05, 0) is 37.0 Å². The van der Waals surface area contributed by atoms with Crippen LogP contribution in [0.25, 0.3) is 0 Å². The Bertz CT molecular complexity index is 945. The SMILES string of the molecule is CC(C)CCCCCCCCCCCCCCCCC(=O)OC[C@H](COC(=O)CCCCCCCCCCCCCCCC(C)C)OC(=O)CCCCCCCCCC(C)C. The van der Waals surface area contributed by atoms with Crippen LogP contribution in [0.4, 0.5) is 0 Å². The van der Waals surface area contributed by atoms with E-state index in [0.717, 1.165) is 75.5 Å². The van der Waals surface area contributed by atoms with E-state index in [2.05, 4.69) is 41.5 Å². The van der Waals surface area contributed by atoms with E-state index >= 15 is 0 Å². The van der Waals surface area contributed by atoms with Gasteiger partial charge in [-0.2, -0.15) is 0 Å². The highest BCUT2D eigenvalue weighted by Gasteiger charge is 2.19. The molecule has 0 aromatic rings. The molecule has 0 bridgehead atoms. The zero-order chi connectivity index (χ0) is 44.9. The summed E-state index contributed by atoms with van der Waals surface area (Å²) in [5, 5.41) is 0. The average Bonchev–Trinajstić information content (AvgIpc) is 3.22. The molecule has 0 amide bonds. The maximum atomic E-state index is 12.8. The van der Waals surface area contributed by atoms with Gasteiger partial charge in [0.05, 0.1) is 0 Å². The van der Waals surface area contributed by atoms with Crippen molar-refractivity contribution < 1.29 is 28.6 Å². The first-order valence-corrected chi connectivity index (χ1v) is 27.1. The predicted molar refractivity (Wildman–Crippen MR) is 261 cm³/mol. The summed E-state index contributed by atoms with van der Waals surface area (Å²) in [6.45, 7) is 13.7. The summed E-state index contributed by atoms with van der Waals surface area (Å²) >= 11 is 0. The number of esters is 3. The fraction of sp³-hybridized carbons (Fsp3) is 0.945. The molecule has 0 aromatic carbocycles. The van der Waals surface area contributed by atoms with Gasteiger partial charge < -0.3 is 14.2 Å². The summed E-state index contributed by atoms with van der Waals surface area (Å²) in [6, 6.07) is 0. The maximum absolute atomic E-state index is 12.8. The normalized spacial score (nSPS) is 12.1. The average molecular weight is 863 g/mol. The van der Waals surface area contributed by atoms with Crippen LogP contribution in [0.2, 0.25) is 0 Å². The van der Waals surface area contributed by atoms with Gasteiger partial charge >= 0.3 is 17.9 Å². The minimum Gasteiger partial charge on any atom is -0.462 e. The standard InChI is InChI=1S/C55H106O6/c1-49(2)41-35-29-23-18-14-10-7-8-12-16-20-26-32-38-44-53(56)59-47-52(61-55(58)46-40-34-28-22-25-31-37-43-51(5)6)48-60-54(57)45-39-33-27-21-17-13-9-11-15-19-24-30-36-42-50(3)4/h49-52H,7-48H2,1-6H3/t52-/m1/s1. The van der Waals surface area contributed by atoms with Gasteiger partial charge in [0, 0.05) is 19.3 Å². The highest BCUT2D eigenvalue weighted by atomic mass is 16.6. The quantitative estimate of drug-likeness (QED) is 0.0344. The molecule has 0 unspecified atom stereocenters. The Kier molecular flexibility index (Phi) is 45.2. The van der Waals surface area contributed by atoms with Crippen molar-refractivity contribution in [3.8, 4) is 0 Å². The lowest BCUT2D eigenvalue weighted by Gasteiger charge is -2.18. The second-order valence-corrected chi connectivity index (χ2v) is 20.3. The highest BCUT2D eigenvalue weighted by molar-refractivity contribution is 5.71. The van der Waals surface area contributed by atoms with Crippen LogP contribution < -0.4 is 0 Å². The van der Waals surface area contributed by atoms with Crippen molar-refractivity contribution in [2.24, 2.45) is 17.8 Å². The lowest BCUT2D eigenvalue weighted by molar-refractivity contribution is -0.167. The monoisotopic (exact) mass is 863 g/mol. The highest BCUT2D eigenvalue weighted by Crippen LogP contribution is 2.18. The van der Waals surface area contributed by atoms with E-state index in [1.54, 1.807) is 0 Å². The Morgan fingerprint density at radius 2 is 0.475 bits per heavy atom. The number of ether oxygens (including phenoxy) is 3. The van der Waals surface area contributed by atoms with Gasteiger partial charge in [0.25, 0.3) is 0 Å². The third kappa shape index (κ3) is 49.3. The Hall–Kier alpha value is -1.59. The Morgan fingerprint density at radius 3 is 0.705 bits per heavy atom. The van der Waals surface area contributed by atoms with Crippen LogP contribution in [0, 0.1) is 17.8 Å². The zero-order valence-electron chi connectivity index (χ0n) is 42.0. The van der Waals surface area contributed by atoms with Gasteiger partial charge in [0.2, 0.25) is 0 Å². The summed E-state index contributed by atoms with van der Waals surface area (Å²) in [5.41, 5.74) is 0. The van der Waals surface area contributed by atoms with Crippen LogP contribution in [0.15, 0.2) is 0 Å². The predicted octanol–water partition coefficient (Wildman–Crippen LogP) is 17.6. The molecule has 0 aliphatic carbocycles. The van der Waals surface area contributed by atoms with Crippen molar-refractivity contribution in [2.45, 2.75) is 304 Å². The Balaban J connectivity index is 4.25. The molecule has 0 heterocycles. The minimum atomic E-state index is -0.763. The van der Waals surface area contributed by atoms with Gasteiger partial charge in [0.1, 0.15) is 13.2 Å². The minimum absolute atomic E-state index is 0.0648. The summed E-state index contributed by atoms with van der Waals surface area (Å²) in [6.07, 6.45) is 46.7. The fourth-order valence-corrected chi connectivity index (χ4v) is 8.29. The van der Waals surface area contributed by atoms with Crippen molar-refractivity contribution in [3.63, 3.8) is 0 Å². The molecule has 0 aliphatic rings. The number of carbonyl (C=O) groups excluding carboxylic acids is 3. The molecule has 0 radical (unpaired) electrons. The molecule has 0 aromatic heterocycles. The topological polar surface area (TPSA) is 78.9 Å². The number of hydrogen-bond donors (Lipinski definition) is 0. The molecule has 6 heteroatoms. The Morgan fingerprint density at radius 1 is 0.279 bits per heavy atom. The molecule has 6 nitrogen and oxygen atoms in total. The van der Waals surface area contributed by atoms with E-state index in [1.165, 1.54) is 180 Å². The third-order valence-corrected chi connectivity index (χ3v) is 12.4. The van der Waals surface area contributed by atoms with Gasteiger partial charge in [0.15, 0.2) is 6.10 Å². The van der Waals surface area contributed by atoms with E-state index in [0.29, 0.717) is 19.3 Å². The molecule has 0 spiro atoms. The van der Waals surface area contributed by atoms with E-state index < -0.39 is 6.10 Å². The van der Waals surface area contributed by atoms with Crippen LogP contribution in [0.1, 0.15) is 298 Å². The maximum Gasteiger partial charge on any atom is 0.306 e. The van der Waals surface area contributed by atoms with Gasteiger partial charge in [-0.3, -0.25) is 14.4 Å². The molecule has 0 fully saturated rings. The van der Waals surface area contributed by atoms with Gasteiger partial charge in [-0.15, -0.1) is 0 Å². The molecule has 0 aliphatic heterocycles. The molecule has 0 saturated carbocycles. The third-order valence-electron chi connectivity index (χ3n) is 12.4. The Labute approximate surface area is 380 Å². The number of hydrogen-bond acceptors (Lipinski definition) is 6. The summed E-state index contributed by atoms with van der Waals surface area (Å²) in [4.78, 5) is 38.0. The summed E-state index contributed by atoms with van der Waals surface area (Å²) < 4.78 is 16.8. The first-order chi connectivity index (χ1) is 29.6. The number of carbonyl (C=O) groups is 3. The molecule has 1 atom stereocenters. The molecular weight excluding hydrogens is 757 g/mol. The second kappa shape index (κ2) is 46.4. The van der Waals surface area contributed by atoms with Gasteiger partial charge in [-0.1, -0.05) is 260 Å². The van der Waals surface area contributed by atoms with E-state index in [-0.39, 0.29) is 31.1 Å². The molecule has 0 rings (SSSR count). The van der Waals surface area contributed by atoms with Crippen molar-refractivity contribution in [1.29, 1.82) is 0 Å². The van der Waals surface area contributed by atoms with Crippen LogP contribution in [-0.4, -0.2) is 37.2 Å². The van der Waals surface area contributed by atoms with Gasteiger partial charge in [-0.25, -0.2) is 0 Å². The number of rotatable bonds is 48. The molecule has 0 saturated heterocycles. The van der Waals surface area contributed by atoms with Crippen LogP contribution in [0.3, 0.4) is 0 Å². The first-order valence-electron chi connectivity index (χ1n) is 27.1. The van der Waals surface area contributed by atoms with Crippen molar-refractivity contribution in [1.82, 2.24) is 0 Å². The second-order valence-electron chi connectivity index (χ2n) is 20.3. The van der Waals surface area contributed by atoms with E-state index in [1.807, 2.05) is 0 Å². The first kappa shape index (κ1) is 59.4. The van der Waals surface area contributed by atoms with Crippen molar-refractivity contribution >= 4 is 17.9 Å². The van der Waals surface area contributed by atoms with E-state index in [4.69, 9.17) is 14.2 Å². The van der Waals surface area contributed by atoms with Crippen LogP contribution >= 0.6 is 0 Å². The lowest BCUT2D eigenvalue weighted by atomic mass is 10.0. The zero-order valence-corrected chi connectivity index (χ0v) is 42.0.